The average molecular weight is 347 g/mol. The zero-order valence-corrected chi connectivity index (χ0v) is 15.3. The van der Waals surface area contributed by atoms with Crippen molar-refractivity contribution in [3.05, 3.63) is 39.9 Å². The highest BCUT2D eigenvalue weighted by molar-refractivity contribution is 7.10. The van der Waals surface area contributed by atoms with Crippen LogP contribution in [-0.2, 0) is 12.0 Å². The van der Waals surface area contributed by atoms with E-state index in [2.05, 4.69) is 38.3 Å². The lowest BCUT2D eigenvalue weighted by atomic mass is 9.73. The molecular formula is C18H26N4OS. The zero-order valence-electron chi connectivity index (χ0n) is 14.5. The molecule has 2 heterocycles. The maximum absolute atomic E-state index is 5.24. The Morgan fingerprint density at radius 3 is 2.79 bits per heavy atom. The molecule has 24 heavy (non-hydrogen) atoms. The maximum Gasteiger partial charge on any atom is 0.191 e. The number of rotatable bonds is 5. The van der Waals surface area contributed by atoms with Crippen molar-refractivity contribution in [2.24, 2.45) is 4.99 Å². The molecule has 5 nitrogen and oxygen atoms in total. The van der Waals surface area contributed by atoms with Crippen molar-refractivity contribution in [2.45, 2.75) is 51.0 Å². The van der Waals surface area contributed by atoms with E-state index in [0.29, 0.717) is 6.54 Å². The second-order valence-corrected chi connectivity index (χ2v) is 7.48. The highest BCUT2D eigenvalue weighted by atomic mass is 32.1. The summed E-state index contributed by atoms with van der Waals surface area (Å²) in [6, 6.07) is 6.38. The van der Waals surface area contributed by atoms with Gasteiger partial charge in [0.05, 0.1) is 12.2 Å². The van der Waals surface area contributed by atoms with E-state index in [1.54, 1.807) is 7.05 Å². The SMILES string of the molecule is CN=C(NCc1cc(C)no1)NCC1(c2cccs2)CCCCC1. The van der Waals surface area contributed by atoms with Crippen molar-refractivity contribution >= 4 is 17.3 Å². The predicted octanol–water partition coefficient (Wildman–Crippen LogP) is 3.61. The van der Waals surface area contributed by atoms with Crippen LogP contribution in [0.15, 0.2) is 33.1 Å². The number of aryl methyl sites for hydroxylation is 1. The summed E-state index contributed by atoms with van der Waals surface area (Å²) >= 11 is 1.88. The minimum absolute atomic E-state index is 0.243. The molecule has 6 heteroatoms. The van der Waals surface area contributed by atoms with Gasteiger partial charge in [-0.2, -0.15) is 0 Å². The van der Waals surface area contributed by atoms with Crippen molar-refractivity contribution in [3.8, 4) is 0 Å². The van der Waals surface area contributed by atoms with Crippen LogP contribution >= 0.6 is 11.3 Å². The van der Waals surface area contributed by atoms with Gasteiger partial charge in [-0.1, -0.05) is 30.5 Å². The Bertz CT molecular complexity index is 656. The smallest absolute Gasteiger partial charge is 0.191 e. The number of guanidine groups is 1. The molecule has 1 fully saturated rings. The summed E-state index contributed by atoms with van der Waals surface area (Å²) in [7, 11) is 1.81. The molecule has 0 spiro atoms. The van der Waals surface area contributed by atoms with Crippen LogP contribution in [0, 0.1) is 6.92 Å². The fourth-order valence-electron chi connectivity index (χ4n) is 3.46. The average Bonchev–Trinajstić information content (AvgIpc) is 3.28. The molecule has 2 aromatic rings. The number of thiophene rings is 1. The van der Waals surface area contributed by atoms with Crippen molar-refractivity contribution in [3.63, 3.8) is 0 Å². The van der Waals surface area contributed by atoms with E-state index in [4.69, 9.17) is 4.52 Å². The lowest BCUT2D eigenvalue weighted by molar-refractivity contribution is 0.296. The van der Waals surface area contributed by atoms with Gasteiger partial charge < -0.3 is 15.2 Å². The van der Waals surface area contributed by atoms with Gasteiger partial charge in [-0.05, 0) is 31.2 Å². The monoisotopic (exact) mass is 346 g/mol. The molecule has 0 saturated heterocycles. The van der Waals surface area contributed by atoms with E-state index in [1.165, 1.54) is 37.0 Å². The molecule has 0 unspecified atom stereocenters. The van der Waals surface area contributed by atoms with Gasteiger partial charge in [-0.3, -0.25) is 4.99 Å². The second kappa shape index (κ2) is 7.83. The van der Waals surface area contributed by atoms with Crippen LogP contribution in [0.2, 0.25) is 0 Å². The van der Waals surface area contributed by atoms with E-state index in [-0.39, 0.29) is 5.41 Å². The van der Waals surface area contributed by atoms with Gasteiger partial charge in [-0.25, -0.2) is 0 Å². The standard InChI is InChI=1S/C18H26N4OS/c1-14-11-15(23-22-14)12-20-17(19-2)21-13-18(8-4-3-5-9-18)16-7-6-10-24-16/h6-7,10-11H,3-5,8-9,12-13H2,1-2H3,(H2,19,20,21). The molecule has 130 valence electrons. The summed E-state index contributed by atoms with van der Waals surface area (Å²) in [6.45, 7) is 3.43. The van der Waals surface area contributed by atoms with Gasteiger partial charge in [0, 0.05) is 30.0 Å². The molecule has 0 radical (unpaired) electrons. The molecule has 2 N–H and O–H groups in total. The first-order valence-electron chi connectivity index (χ1n) is 8.62. The molecule has 1 aliphatic carbocycles. The highest BCUT2D eigenvalue weighted by Crippen LogP contribution is 2.41. The first kappa shape index (κ1) is 17.0. The summed E-state index contributed by atoms with van der Waals surface area (Å²) < 4.78 is 5.24. The lowest BCUT2D eigenvalue weighted by Crippen LogP contribution is -2.46. The van der Waals surface area contributed by atoms with Gasteiger partial charge in [0.25, 0.3) is 0 Å². The van der Waals surface area contributed by atoms with E-state index in [1.807, 2.05) is 24.3 Å². The Labute approximate surface area is 147 Å². The van der Waals surface area contributed by atoms with Crippen LogP contribution in [0.1, 0.15) is 48.4 Å². The van der Waals surface area contributed by atoms with Crippen molar-refractivity contribution in [1.29, 1.82) is 0 Å². The number of aliphatic imine (C=N–C) groups is 1. The molecule has 1 saturated carbocycles. The van der Waals surface area contributed by atoms with E-state index in [0.717, 1.165) is 24.0 Å². The Morgan fingerprint density at radius 2 is 2.17 bits per heavy atom. The minimum atomic E-state index is 0.243. The molecule has 0 bridgehead atoms. The molecule has 0 amide bonds. The fraction of sp³-hybridized carbons (Fsp3) is 0.556. The van der Waals surface area contributed by atoms with Gasteiger partial charge in [0.2, 0.25) is 0 Å². The summed E-state index contributed by atoms with van der Waals surface area (Å²) in [4.78, 5) is 5.84. The number of hydrogen-bond acceptors (Lipinski definition) is 4. The van der Waals surface area contributed by atoms with Crippen LogP contribution in [0.5, 0.6) is 0 Å². The largest absolute Gasteiger partial charge is 0.359 e. The topological polar surface area (TPSA) is 62.5 Å². The third-order valence-electron chi connectivity index (χ3n) is 4.78. The van der Waals surface area contributed by atoms with Crippen LogP contribution in [-0.4, -0.2) is 24.7 Å². The summed E-state index contributed by atoms with van der Waals surface area (Å²) in [5, 5.41) is 12.9. The molecule has 3 rings (SSSR count). The normalized spacial score (nSPS) is 17.7. The van der Waals surface area contributed by atoms with Crippen molar-refractivity contribution < 1.29 is 4.52 Å². The first-order chi connectivity index (χ1) is 11.7. The highest BCUT2D eigenvalue weighted by Gasteiger charge is 2.34. The molecule has 0 aliphatic heterocycles. The Balaban J connectivity index is 1.60. The van der Waals surface area contributed by atoms with Crippen LogP contribution < -0.4 is 10.6 Å². The molecular weight excluding hydrogens is 320 g/mol. The molecule has 0 aromatic carbocycles. The lowest BCUT2D eigenvalue weighted by Gasteiger charge is -2.37. The molecule has 2 aromatic heterocycles. The maximum atomic E-state index is 5.24. The van der Waals surface area contributed by atoms with E-state index in [9.17, 15) is 0 Å². The van der Waals surface area contributed by atoms with Crippen LogP contribution in [0.4, 0.5) is 0 Å². The van der Waals surface area contributed by atoms with E-state index >= 15 is 0 Å². The zero-order chi connectivity index (χ0) is 16.8. The molecule has 0 atom stereocenters. The number of hydrogen-bond donors (Lipinski definition) is 2. The predicted molar refractivity (Wildman–Crippen MR) is 98.5 cm³/mol. The minimum Gasteiger partial charge on any atom is -0.359 e. The molecule has 1 aliphatic rings. The van der Waals surface area contributed by atoms with E-state index < -0.39 is 0 Å². The summed E-state index contributed by atoms with van der Waals surface area (Å²) in [6.07, 6.45) is 6.47. The second-order valence-electron chi connectivity index (χ2n) is 6.53. The van der Waals surface area contributed by atoms with Gasteiger partial charge in [0.1, 0.15) is 0 Å². The van der Waals surface area contributed by atoms with Crippen LogP contribution in [0.3, 0.4) is 0 Å². The first-order valence-corrected chi connectivity index (χ1v) is 9.50. The quantitative estimate of drug-likeness (QED) is 0.641. The number of aromatic nitrogens is 1. The third-order valence-corrected chi connectivity index (χ3v) is 5.90. The Morgan fingerprint density at radius 1 is 1.33 bits per heavy atom. The third kappa shape index (κ3) is 3.98. The van der Waals surface area contributed by atoms with Gasteiger partial charge in [-0.15, -0.1) is 11.3 Å². The van der Waals surface area contributed by atoms with Gasteiger partial charge >= 0.3 is 0 Å². The fourth-order valence-corrected chi connectivity index (χ4v) is 4.45. The Kier molecular flexibility index (Phi) is 5.56. The Hall–Kier alpha value is -1.82. The van der Waals surface area contributed by atoms with Crippen LogP contribution in [0.25, 0.3) is 0 Å². The summed E-state index contributed by atoms with van der Waals surface area (Å²) in [5.74, 6) is 1.63. The van der Waals surface area contributed by atoms with Crippen molar-refractivity contribution in [1.82, 2.24) is 15.8 Å². The van der Waals surface area contributed by atoms with Gasteiger partial charge in [0.15, 0.2) is 11.7 Å². The van der Waals surface area contributed by atoms with Crippen molar-refractivity contribution in [2.75, 3.05) is 13.6 Å². The number of nitrogens with one attached hydrogen (secondary N) is 2. The summed E-state index contributed by atoms with van der Waals surface area (Å²) in [5.41, 5.74) is 1.14. The number of nitrogens with zero attached hydrogens (tertiary/aromatic N) is 2.